The lowest BCUT2D eigenvalue weighted by Gasteiger charge is -2.28. The molecule has 0 saturated carbocycles. The highest BCUT2D eigenvalue weighted by atomic mass is 16.5. The molecule has 15 heavy (non-hydrogen) atoms. The van der Waals surface area contributed by atoms with Crippen LogP contribution in [0.1, 0.15) is 5.56 Å². The van der Waals surface area contributed by atoms with Crippen LogP contribution in [0.15, 0.2) is 18.2 Å². The van der Waals surface area contributed by atoms with Crippen LogP contribution in [0.25, 0.3) is 0 Å². The number of benzene rings is 1. The molecule has 3 nitrogen and oxygen atoms in total. The van der Waals surface area contributed by atoms with Gasteiger partial charge in [-0.1, -0.05) is 6.07 Å². The van der Waals surface area contributed by atoms with Crippen molar-refractivity contribution in [1.29, 1.82) is 0 Å². The monoisotopic (exact) mass is 204 g/mol. The lowest BCUT2D eigenvalue weighted by Crippen LogP contribution is -2.50. The van der Waals surface area contributed by atoms with Crippen LogP contribution in [-0.2, 0) is 6.42 Å². The zero-order chi connectivity index (χ0) is 10.3. The van der Waals surface area contributed by atoms with E-state index in [1.807, 2.05) is 0 Å². The van der Waals surface area contributed by atoms with Crippen molar-refractivity contribution in [1.82, 2.24) is 5.32 Å². The smallest absolute Gasteiger partial charge is 0.123 e. The number of ether oxygens (including phenoxy) is 1. The first kappa shape index (κ1) is 9.04. The first-order valence-electron chi connectivity index (χ1n) is 5.54. The molecule has 0 amide bonds. The summed E-state index contributed by atoms with van der Waals surface area (Å²) in [6, 6.07) is 6.46. The van der Waals surface area contributed by atoms with Crippen molar-refractivity contribution < 1.29 is 4.74 Å². The van der Waals surface area contributed by atoms with E-state index in [0.717, 1.165) is 31.8 Å². The highest BCUT2D eigenvalue weighted by Crippen LogP contribution is 2.31. The predicted octanol–water partition coefficient (Wildman–Crippen LogP) is 1.03. The van der Waals surface area contributed by atoms with Crippen molar-refractivity contribution in [2.75, 3.05) is 31.6 Å². The number of nitrogens with zero attached hydrogens (tertiary/aromatic N) is 1. The molecule has 1 N–H and O–H groups in total. The Kier molecular flexibility index (Phi) is 2.06. The summed E-state index contributed by atoms with van der Waals surface area (Å²) in [4.78, 5) is 2.29. The molecule has 0 bridgehead atoms. The van der Waals surface area contributed by atoms with Gasteiger partial charge in [0.25, 0.3) is 0 Å². The highest BCUT2D eigenvalue weighted by molar-refractivity contribution is 5.60. The maximum Gasteiger partial charge on any atom is 0.123 e. The summed E-state index contributed by atoms with van der Waals surface area (Å²) in [6.07, 6.45) is 1.53. The summed E-state index contributed by atoms with van der Waals surface area (Å²) in [5.41, 5.74) is 2.77. The topological polar surface area (TPSA) is 24.5 Å². The Balaban J connectivity index is 1.81. The fourth-order valence-electron chi connectivity index (χ4n) is 2.13. The Labute approximate surface area is 90.0 Å². The Hall–Kier alpha value is -1.22. The van der Waals surface area contributed by atoms with Crippen LogP contribution in [-0.4, -0.2) is 32.8 Å². The second kappa shape index (κ2) is 3.42. The minimum absolute atomic E-state index is 0.370. The van der Waals surface area contributed by atoms with Crippen molar-refractivity contribution in [3.63, 3.8) is 0 Å². The van der Waals surface area contributed by atoms with Crippen molar-refractivity contribution in [3.8, 4) is 5.75 Å². The van der Waals surface area contributed by atoms with Crippen LogP contribution in [0.2, 0.25) is 0 Å². The van der Waals surface area contributed by atoms with Crippen molar-refractivity contribution >= 4 is 5.69 Å². The molecule has 0 aromatic heterocycles. The number of anilines is 1. The van der Waals surface area contributed by atoms with E-state index in [-0.39, 0.29) is 0 Å². The Morgan fingerprint density at radius 1 is 1.40 bits per heavy atom. The number of hydrogen-bond donors (Lipinski definition) is 1. The summed E-state index contributed by atoms with van der Waals surface area (Å²) in [5.74, 6) is 1.01. The van der Waals surface area contributed by atoms with E-state index in [1.54, 1.807) is 0 Å². The van der Waals surface area contributed by atoms with E-state index in [2.05, 4.69) is 35.5 Å². The largest absolute Gasteiger partial charge is 0.488 e. The SMILES string of the molecule is CN1CCc2ccc(OC3CNC3)cc21. The molecule has 2 aliphatic heterocycles. The molecular weight excluding hydrogens is 188 g/mol. The van der Waals surface area contributed by atoms with E-state index in [0.29, 0.717) is 6.10 Å². The molecule has 1 saturated heterocycles. The third-order valence-electron chi connectivity index (χ3n) is 3.23. The zero-order valence-electron chi connectivity index (χ0n) is 8.99. The predicted molar refractivity (Wildman–Crippen MR) is 60.7 cm³/mol. The van der Waals surface area contributed by atoms with Gasteiger partial charge in [-0.3, -0.25) is 0 Å². The maximum atomic E-state index is 5.83. The lowest BCUT2D eigenvalue weighted by atomic mass is 10.1. The third kappa shape index (κ3) is 1.57. The average Bonchev–Trinajstić information content (AvgIpc) is 2.55. The van der Waals surface area contributed by atoms with Gasteiger partial charge in [-0.15, -0.1) is 0 Å². The molecule has 3 heteroatoms. The van der Waals surface area contributed by atoms with Crippen molar-refractivity contribution in [2.45, 2.75) is 12.5 Å². The molecule has 1 aromatic rings. The van der Waals surface area contributed by atoms with Crippen LogP contribution in [0, 0.1) is 0 Å². The van der Waals surface area contributed by atoms with Crippen LogP contribution >= 0.6 is 0 Å². The van der Waals surface area contributed by atoms with Crippen LogP contribution in [0.3, 0.4) is 0 Å². The normalized spacial score (nSPS) is 19.9. The summed E-state index contributed by atoms with van der Waals surface area (Å²) < 4.78 is 5.83. The van der Waals surface area contributed by atoms with Gasteiger partial charge in [0, 0.05) is 38.4 Å². The molecule has 3 rings (SSSR count). The van der Waals surface area contributed by atoms with Gasteiger partial charge >= 0.3 is 0 Å². The first-order valence-corrected chi connectivity index (χ1v) is 5.54. The molecule has 2 heterocycles. The fourth-order valence-corrected chi connectivity index (χ4v) is 2.13. The maximum absolute atomic E-state index is 5.83. The molecule has 0 radical (unpaired) electrons. The molecule has 0 unspecified atom stereocenters. The van der Waals surface area contributed by atoms with Gasteiger partial charge in [0.15, 0.2) is 0 Å². The number of hydrogen-bond acceptors (Lipinski definition) is 3. The summed E-state index contributed by atoms with van der Waals surface area (Å²) in [6.45, 7) is 3.09. The van der Waals surface area contributed by atoms with Crippen molar-refractivity contribution in [3.05, 3.63) is 23.8 Å². The summed E-state index contributed by atoms with van der Waals surface area (Å²) >= 11 is 0. The third-order valence-corrected chi connectivity index (χ3v) is 3.23. The minimum Gasteiger partial charge on any atom is -0.488 e. The second-order valence-corrected chi connectivity index (χ2v) is 4.36. The minimum atomic E-state index is 0.370. The quantitative estimate of drug-likeness (QED) is 0.778. The Morgan fingerprint density at radius 3 is 3.00 bits per heavy atom. The van der Waals surface area contributed by atoms with Gasteiger partial charge in [0.05, 0.1) is 0 Å². The molecule has 0 aliphatic carbocycles. The Bertz CT molecular complexity index is 374. The number of nitrogens with one attached hydrogen (secondary N) is 1. The second-order valence-electron chi connectivity index (χ2n) is 4.36. The average molecular weight is 204 g/mol. The highest BCUT2D eigenvalue weighted by Gasteiger charge is 2.20. The van der Waals surface area contributed by atoms with Crippen LogP contribution in [0.5, 0.6) is 5.75 Å². The molecule has 0 spiro atoms. The lowest BCUT2D eigenvalue weighted by molar-refractivity contribution is 0.142. The van der Waals surface area contributed by atoms with Gasteiger partial charge in [-0.05, 0) is 18.1 Å². The zero-order valence-corrected chi connectivity index (χ0v) is 8.99. The van der Waals surface area contributed by atoms with Gasteiger partial charge in [-0.25, -0.2) is 0 Å². The molecule has 1 aromatic carbocycles. The fraction of sp³-hybridized carbons (Fsp3) is 0.500. The van der Waals surface area contributed by atoms with E-state index in [9.17, 15) is 0 Å². The number of fused-ring (bicyclic) bond motifs is 1. The van der Waals surface area contributed by atoms with Gasteiger partial charge in [0.2, 0.25) is 0 Å². The number of rotatable bonds is 2. The molecular formula is C12H16N2O. The first-order chi connectivity index (χ1) is 7.33. The summed E-state index contributed by atoms with van der Waals surface area (Å²) in [7, 11) is 2.14. The van der Waals surface area contributed by atoms with Gasteiger partial charge < -0.3 is 15.0 Å². The van der Waals surface area contributed by atoms with Crippen LogP contribution in [0.4, 0.5) is 5.69 Å². The molecule has 1 fully saturated rings. The van der Waals surface area contributed by atoms with E-state index < -0.39 is 0 Å². The molecule has 80 valence electrons. The molecule has 2 aliphatic rings. The summed E-state index contributed by atoms with van der Waals surface area (Å²) in [5, 5.41) is 3.21. The van der Waals surface area contributed by atoms with Gasteiger partial charge in [0.1, 0.15) is 11.9 Å². The Morgan fingerprint density at radius 2 is 2.27 bits per heavy atom. The van der Waals surface area contributed by atoms with Gasteiger partial charge in [-0.2, -0.15) is 0 Å². The van der Waals surface area contributed by atoms with E-state index in [1.165, 1.54) is 11.3 Å². The van der Waals surface area contributed by atoms with Crippen LogP contribution < -0.4 is 15.0 Å². The van der Waals surface area contributed by atoms with E-state index in [4.69, 9.17) is 4.74 Å². The van der Waals surface area contributed by atoms with E-state index >= 15 is 0 Å². The molecule has 0 atom stereocenters. The standard InChI is InChI=1S/C12H16N2O/c1-14-5-4-9-2-3-10(6-12(9)14)15-11-7-13-8-11/h2-3,6,11,13H,4-5,7-8H2,1H3. The number of likely N-dealkylation sites (N-methyl/N-ethyl adjacent to an activating group) is 1. The van der Waals surface area contributed by atoms with Crippen molar-refractivity contribution in [2.24, 2.45) is 0 Å².